The summed E-state index contributed by atoms with van der Waals surface area (Å²) in [6.45, 7) is 4.35. The first-order chi connectivity index (χ1) is 12.6. The summed E-state index contributed by atoms with van der Waals surface area (Å²) in [6.07, 6.45) is 11.3. The molecule has 1 saturated carbocycles. The van der Waals surface area contributed by atoms with E-state index in [0.29, 0.717) is 31.7 Å². The molecule has 1 rings (SSSR count). The average Bonchev–Trinajstić information content (AvgIpc) is 2.97. The molecule has 0 aromatic rings. The van der Waals surface area contributed by atoms with Gasteiger partial charge in [-0.1, -0.05) is 31.9 Å². The highest BCUT2D eigenvalue weighted by Gasteiger charge is 2.32. The van der Waals surface area contributed by atoms with Crippen molar-refractivity contribution in [2.75, 3.05) is 6.61 Å². The van der Waals surface area contributed by atoms with Crippen molar-refractivity contribution < 1.29 is 19.4 Å². The Balaban J connectivity index is 2.32. The van der Waals surface area contributed by atoms with Crippen molar-refractivity contribution >= 4 is 11.8 Å². The third kappa shape index (κ3) is 9.20. The first kappa shape index (κ1) is 22.4. The maximum Gasteiger partial charge on any atom is 0.305 e. The molecule has 0 aliphatic heterocycles. The van der Waals surface area contributed by atoms with Gasteiger partial charge in [0.15, 0.2) is 0 Å². The fourth-order valence-electron chi connectivity index (χ4n) is 3.20. The zero-order valence-corrected chi connectivity index (χ0v) is 16.3. The second-order valence-corrected chi connectivity index (χ2v) is 6.94. The number of hydrogen-bond acceptors (Lipinski definition) is 4. The van der Waals surface area contributed by atoms with Gasteiger partial charge in [-0.25, -0.2) is 0 Å². The van der Waals surface area contributed by atoms with E-state index in [1.807, 2.05) is 19.1 Å². The van der Waals surface area contributed by atoms with E-state index < -0.39 is 6.10 Å². The van der Waals surface area contributed by atoms with Gasteiger partial charge in [0.2, 0.25) is 0 Å². The quantitative estimate of drug-likeness (QED) is 0.259. The van der Waals surface area contributed by atoms with Crippen LogP contribution < -0.4 is 0 Å². The molecule has 0 radical (unpaired) electrons. The standard InChI is InChI=1S/C22H34O4/c1-3-5-11-19(23)16-14-18-15-17-21(24)20(18)12-9-7-6-8-10-13-22(25)26-4-2/h14,16,18-20,23H,3-6,8,10-13,15,17H2,1-2H3/t18-,19?,20+/m1/s1. The normalized spacial score (nSPS) is 20.8. The lowest BCUT2D eigenvalue weighted by atomic mass is 9.91. The molecular formula is C22H34O4. The lowest BCUT2D eigenvalue weighted by molar-refractivity contribution is -0.143. The van der Waals surface area contributed by atoms with Gasteiger partial charge in [-0.3, -0.25) is 9.59 Å². The Morgan fingerprint density at radius 3 is 2.85 bits per heavy atom. The van der Waals surface area contributed by atoms with E-state index in [2.05, 4.69) is 18.8 Å². The molecule has 1 unspecified atom stereocenters. The fraction of sp³-hybridized carbons (Fsp3) is 0.727. The Bertz CT molecular complexity index is 512. The molecule has 26 heavy (non-hydrogen) atoms. The van der Waals surface area contributed by atoms with Gasteiger partial charge in [-0.2, -0.15) is 0 Å². The number of allylic oxidation sites excluding steroid dienone is 1. The van der Waals surface area contributed by atoms with E-state index in [1.54, 1.807) is 0 Å². The lowest BCUT2D eigenvalue weighted by Crippen LogP contribution is -2.13. The Morgan fingerprint density at radius 2 is 2.12 bits per heavy atom. The maximum absolute atomic E-state index is 12.1. The third-order valence-electron chi connectivity index (χ3n) is 4.77. The number of aliphatic hydroxyl groups excluding tert-OH is 1. The van der Waals surface area contributed by atoms with Gasteiger partial charge in [0.25, 0.3) is 0 Å². The molecule has 1 fully saturated rings. The summed E-state index contributed by atoms with van der Waals surface area (Å²) in [7, 11) is 0. The van der Waals surface area contributed by atoms with E-state index in [0.717, 1.165) is 44.9 Å². The molecule has 0 amide bonds. The van der Waals surface area contributed by atoms with Crippen LogP contribution in [0.5, 0.6) is 0 Å². The van der Waals surface area contributed by atoms with Gasteiger partial charge in [-0.05, 0) is 38.5 Å². The van der Waals surface area contributed by atoms with Crippen molar-refractivity contribution in [2.45, 2.75) is 84.2 Å². The van der Waals surface area contributed by atoms with Crippen LogP contribution in [0.25, 0.3) is 0 Å². The van der Waals surface area contributed by atoms with Crippen molar-refractivity contribution in [2.24, 2.45) is 11.8 Å². The number of Topliss-reactive ketones (excluding diaryl/α,β-unsaturated/α-hetero) is 1. The van der Waals surface area contributed by atoms with E-state index >= 15 is 0 Å². The average molecular weight is 363 g/mol. The highest BCUT2D eigenvalue weighted by atomic mass is 16.5. The molecule has 1 aliphatic rings. The van der Waals surface area contributed by atoms with Crippen LogP contribution in [0.2, 0.25) is 0 Å². The number of rotatable bonds is 11. The summed E-state index contributed by atoms with van der Waals surface area (Å²) < 4.78 is 4.89. The summed E-state index contributed by atoms with van der Waals surface area (Å²) in [5.41, 5.74) is 0. The van der Waals surface area contributed by atoms with Crippen LogP contribution in [-0.2, 0) is 14.3 Å². The first-order valence-electron chi connectivity index (χ1n) is 10.1. The molecular weight excluding hydrogens is 328 g/mol. The topological polar surface area (TPSA) is 63.6 Å². The van der Waals surface area contributed by atoms with E-state index in [-0.39, 0.29) is 17.8 Å². The summed E-state index contributed by atoms with van der Waals surface area (Å²) in [6, 6.07) is 0. The number of esters is 1. The van der Waals surface area contributed by atoms with Crippen LogP contribution in [0.3, 0.4) is 0 Å². The largest absolute Gasteiger partial charge is 0.466 e. The zero-order chi connectivity index (χ0) is 19.2. The van der Waals surface area contributed by atoms with Crippen LogP contribution in [0.1, 0.15) is 78.1 Å². The minimum atomic E-state index is -0.406. The molecule has 0 bridgehead atoms. The van der Waals surface area contributed by atoms with Crippen LogP contribution in [-0.4, -0.2) is 29.6 Å². The van der Waals surface area contributed by atoms with Gasteiger partial charge in [0, 0.05) is 31.6 Å². The van der Waals surface area contributed by atoms with Crippen molar-refractivity contribution in [1.29, 1.82) is 0 Å². The lowest BCUT2D eigenvalue weighted by Gasteiger charge is -2.12. The van der Waals surface area contributed by atoms with Gasteiger partial charge < -0.3 is 9.84 Å². The van der Waals surface area contributed by atoms with Gasteiger partial charge in [0.05, 0.1) is 12.7 Å². The molecule has 0 heterocycles. The Hall–Kier alpha value is -1.60. The van der Waals surface area contributed by atoms with Crippen molar-refractivity contribution in [1.82, 2.24) is 0 Å². The fourth-order valence-corrected chi connectivity index (χ4v) is 3.20. The number of carbonyl (C=O) groups excluding carboxylic acids is 2. The zero-order valence-electron chi connectivity index (χ0n) is 16.3. The van der Waals surface area contributed by atoms with Gasteiger partial charge >= 0.3 is 5.97 Å². The summed E-state index contributed by atoms with van der Waals surface area (Å²) in [5.74, 6) is 6.58. The smallest absolute Gasteiger partial charge is 0.305 e. The number of ketones is 1. The number of carbonyl (C=O) groups is 2. The van der Waals surface area contributed by atoms with Crippen LogP contribution >= 0.6 is 0 Å². The van der Waals surface area contributed by atoms with E-state index in [1.165, 1.54) is 0 Å². The molecule has 4 heteroatoms. The highest BCUT2D eigenvalue weighted by Crippen LogP contribution is 2.32. The van der Waals surface area contributed by atoms with Crippen LogP contribution in [0, 0.1) is 23.7 Å². The van der Waals surface area contributed by atoms with E-state index in [4.69, 9.17) is 4.74 Å². The summed E-state index contributed by atoms with van der Waals surface area (Å²) >= 11 is 0. The monoisotopic (exact) mass is 362 g/mol. The summed E-state index contributed by atoms with van der Waals surface area (Å²) in [4.78, 5) is 23.3. The number of hydrogen-bond donors (Lipinski definition) is 1. The molecule has 146 valence electrons. The number of unbranched alkanes of at least 4 members (excludes halogenated alkanes) is 3. The second-order valence-electron chi connectivity index (χ2n) is 6.94. The number of ether oxygens (including phenoxy) is 1. The molecule has 0 aromatic heterocycles. The van der Waals surface area contributed by atoms with Gasteiger partial charge in [0.1, 0.15) is 5.78 Å². The first-order valence-corrected chi connectivity index (χ1v) is 10.1. The minimum absolute atomic E-state index is 0.0309. The molecule has 3 atom stereocenters. The predicted octanol–water partition coefficient (Wildman–Crippen LogP) is 4.21. The second kappa shape index (κ2) is 13.6. The maximum atomic E-state index is 12.1. The number of aliphatic hydroxyl groups is 1. The van der Waals surface area contributed by atoms with Crippen LogP contribution in [0.15, 0.2) is 12.2 Å². The molecule has 4 nitrogen and oxygen atoms in total. The molecule has 0 saturated heterocycles. The van der Waals surface area contributed by atoms with Gasteiger partial charge in [-0.15, -0.1) is 11.8 Å². The van der Waals surface area contributed by atoms with E-state index in [9.17, 15) is 14.7 Å². The molecule has 1 aliphatic carbocycles. The van der Waals surface area contributed by atoms with Crippen LogP contribution in [0.4, 0.5) is 0 Å². The van der Waals surface area contributed by atoms with Crippen molar-refractivity contribution in [3.8, 4) is 11.8 Å². The minimum Gasteiger partial charge on any atom is -0.466 e. The summed E-state index contributed by atoms with van der Waals surface area (Å²) in [5, 5.41) is 9.93. The molecule has 1 N–H and O–H groups in total. The Kier molecular flexibility index (Phi) is 11.7. The predicted molar refractivity (Wildman–Crippen MR) is 103 cm³/mol. The van der Waals surface area contributed by atoms with Crippen molar-refractivity contribution in [3.05, 3.63) is 12.2 Å². The third-order valence-corrected chi connectivity index (χ3v) is 4.77. The molecule has 0 spiro atoms. The Labute approximate surface area is 158 Å². The molecule has 0 aromatic carbocycles. The van der Waals surface area contributed by atoms with Crippen molar-refractivity contribution in [3.63, 3.8) is 0 Å². The SMILES string of the molecule is CCCCC(O)C=C[C@@H]1CCC(=O)[C@H]1CC#CCCCCC(=O)OCC. The highest BCUT2D eigenvalue weighted by molar-refractivity contribution is 5.84. The Morgan fingerprint density at radius 1 is 1.31 bits per heavy atom.